The Morgan fingerprint density at radius 1 is 1.47 bits per heavy atom. The summed E-state index contributed by atoms with van der Waals surface area (Å²) in [4.78, 5) is 4.22. The van der Waals surface area contributed by atoms with Crippen molar-refractivity contribution >= 4 is 0 Å². The number of nitrogens with zero attached hydrogens (tertiary/aromatic N) is 3. The molecule has 0 aliphatic rings. The molecule has 0 radical (unpaired) electrons. The van der Waals surface area contributed by atoms with Crippen molar-refractivity contribution in [3.8, 4) is 0 Å². The molecular formula is C11H22N4. The van der Waals surface area contributed by atoms with Gasteiger partial charge in [0.2, 0.25) is 0 Å². The summed E-state index contributed by atoms with van der Waals surface area (Å²) in [6, 6.07) is 0.656. The Balaban J connectivity index is 2.23. The van der Waals surface area contributed by atoms with Crippen molar-refractivity contribution in [3.63, 3.8) is 0 Å². The predicted octanol–water partition coefficient (Wildman–Crippen LogP) is 1.53. The third kappa shape index (κ3) is 4.00. The van der Waals surface area contributed by atoms with E-state index < -0.39 is 0 Å². The summed E-state index contributed by atoms with van der Waals surface area (Å²) < 4.78 is 1.86. The minimum atomic E-state index is 0.656. The average Bonchev–Trinajstić information content (AvgIpc) is 2.63. The highest BCUT2D eigenvalue weighted by molar-refractivity contribution is 4.83. The third-order valence-corrected chi connectivity index (χ3v) is 2.80. The SMILES string of the molecule is CCCC(CCCc1ncnn1C)NC. The monoisotopic (exact) mass is 210 g/mol. The summed E-state index contributed by atoms with van der Waals surface area (Å²) in [7, 11) is 3.99. The van der Waals surface area contributed by atoms with Gasteiger partial charge in [0.05, 0.1) is 0 Å². The van der Waals surface area contributed by atoms with Crippen LogP contribution in [0.3, 0.4) is 0 Å². The zero-order valence-corrected chi connectivity index (χ0v) is 10.0. The maximum Gasteiger partial charge on any atom is 0.138 e. The van der Waals surface area contributed by atoms with Gasteiger partial charge in [0, 0.05) is 19.5 Å². The molecule has 0 aromatic carbocycles. The molecule has 86 valence electrons. The highest BCUT2D eigenvalue weighted by Gasteiger charge is 2.06. The van der Waals surface area contributed by atoms with Crippen LogP contribution in [0, 0.1) is 0 Å². The van der Waals surface area contributed by atoms with E-state index in [9.17, 15) is 0 Å². The minimum absolute atomic E-state index is 0.656. The van der Waals surface area contributed by atoms with Gasteiger partial charge in [-0.05, 0) is 26.3 Å². The molecule has 1 atom stereocenters. The Bertz CT molecular complexity index is 269. The first kappa shape index (κ1) is 12.2. The Labute approximate surface area is 92.1 Å². The number of aryl methyl sites for hydroxylation is 2. The second kappa shape index (κ2) is 6.56. The number of aromatic nitrogens is 3. The van der Waals surface area contributed by atoms with Gasteiger partial charge in [-0.15, -0.1) is 0 Å². The summed E-state index contributed by atoms with van der Waals surface area (Å²) >= 11 is 0. The van der Waals surface area contributed by atoms with E-state index in [2.05, 4.69) is 22.3 Å². The maximum atomic E-state index is 4.22. The molecule has 1 aromatic heterocycles. The van der Waals surface area contributed by atoms with Crippen LogP contribution in [0.5, 0.6) is 0 Å². The lowest BCUT2D eigenvalue weighted by Crippen LogP contribution is -2.24. The average molecular weight is 210 g/mol. The van der Waals surface area contributed by atoms with Crippen LogP contribution in [0.15, 0.2) is 6.33 Å². The van der Waals surface area contributed by atoms with E-state index in [1.807, 2.05) is 18.8 Å². The van der Waals surface area contributed by atoms with Crippen LogP contribution in [0.25, 0.3) is 0 Å². The maximum absolute atomic E-state index is 4.22. The summed E-state index contributed by atoms with van der Waals surface area (Å²) in [5.74, 6) is 1.08. The van der Waals surface area contributed by atoms with Crippen LogP contribution in [0.1, 0.15) is 38.4 Å². The number of hydrogen-bond acceptors (Lipinski definition) is 3. The molecule has 4 nitrogen and oxygen atoms in total. The molecule has 1 aromatic rings. The summed E-state index contributed by atoms with van der Waals surface area (Å²) in [5.41, 5.74) is 0. The van der Waals surface area contributed by atoms with Crippen molar-refractivity contribution in [2.75, 3.05) is 7.05 Å². The van der Waals surface area contributed by atoms with Gasteiger partial charge >= 0.3 is 0 Å². The number of nitrogens with one attached hydrogen (secondary N) is 1. The van der Waals surface area contributed by atoms with E-state index in [4.69, 9.17) is 0 Å². The van der Waals surface area contributed by atoms with Crippen LogP contribution in [-0.2, 0) is 13.5 Å². The smallest absolute Gasteiger partial charge is 0.138 e. The van der Waals surface area contributed by atoms with E-state index in [1.165, 1.54) is 25.7 Å². The fraction of sp³-hybridized carbons (Fsp3) is 0.818. The molecule has 0 aliphatic carbocycles. The Morgan fingerprint density at radius 3 is 2.80 bits per heavy atom. The van der Waals surface area contributed by atoms with Crippen molar-refractivity contribution in [3.05, 3.63) is 12.2 Å². The van der Waals surface area contributed by atoms with E-state index in [0.29, 0.717) is 6.04 Å². The van der Waals surface area contributed by atoms with Crippen molar-refractivity contribution < 1.29 is 0 Å². The molecule has 4 heteroatoms. The van der Waals surface area contributed by atoms with E-state index in [1.54, 1.807) is 6.33 Å². The molecule has 1 unspecified atom stereocenters. The van der Waals surface area contributed by atoms with E-state index in [0.717, 1.165) is 12.2 Å². The minimum Gasteiger partial charge on any atom is -0.317 e. The Morgan fingerprint density at radius 2 is 2.27 bits per heavy atom. The second-order valence-corrected chi connectivity index (χ2v) is 3.97. The summed E-state index contributed by atoms with van der Waals surface area (Å²) in [5, 5.41) is 7.42. The first-order valence-electron chi connectivity index (χ1n) is 5.78. The zero-order chi connectivity index (χ0) is 11.1. The molecule has 1 N–H and O–H groups in total. The lowest BCUT2D eigenvalue weighted by molar-refractivity contribution is 0.465. The lowest BCUT2D eigenvalue weighted by atomic mass is 10.1. The molecule has 0 saturated carbocycles. The largest absolute Gasteiger partial charge is 0.317 e. The van der Waals surface area contributed by atoms with Gasteiger partial charge < -0.3 is 5.32 Å². The third-order valence-electron chi connectivity index (χ3n) is 2.80. The van der Waals surface area contributed by atoms with Crippen LogP contribution in [0.2, 0.25) is 0 Å². The predicted molar refractivity (Wildman–Crippen MR) is 61.7 cm³/mol. The number of rotatable bonds is 7. The molecule has 15 heavy (non-hydrogen) atoms. The molecule has 0 spiro atoms. The highest BCUT2D eigenvalue weighted by Crippen LogP contribution is 2.07. The van der Waals surface area contributed by atoms with Crippen molar-refractivity contribution in [2.24, 2.45) is 7.05 Å². The summed E-state index contributed by atoms with van der Waals surface area (Å²) in [6.45, 7) is 2.23. The van der Waals surface area contributed by atoms with Gasteiger partial charge in [-0.25, -0.2) is 4.98 Å². The Kier molecular flexibility index (Phi) is 5.32. The molecular weight excluding hydrogens is 188 g/mol. The fourth-order valence-electron chi connectivity index (χ4n) is 1.83. The zero-order valence-electron chi connectivity index (χ0n) is 10.0. The Hall–Kier alpha value is -0.900. The topological polar surface area (TPSA) is 42.7 Å². The molecule has 1 rings (SSSR count). The van der Waals surface area contributed by atoms with Crippen molar-refractivity contribution in [2.45, 2.75) is 45.1 Å². The van der Waals surface area contributed by atoms with Crippen molar-refractivity contribution in [1.29, 1.82) is 0 Å². The van der Waals surface area contributed by atoms with Gasteiger partial charge in [-0.3, -0.25) is 4.68 Å². The molecule has 0 bridgehead atoms. The van der Waals surface area contributed by atoms with E-state index >= 15 is 0 Å². The van der Waals surface area contributed by atoms with Crippen LogP contribution < -0.4 is 5.32 Å². The lowest BCUT2D eigenvalue weighted by Gasteiger charge is -2.14. The quantitative estimate of drug-likeness (QED) is 0.742. The summed E-state index contributed by atoms with van der Waals surface area (Å²) in [6.07, 6.45) is 7.55. The normalized spacial score (nSPS) is 13.0. The first-order chi connectivity index (χ1) is 7.27. The van der Waals surface area contributed by atoms with Crippen molar-refractivity contribution in [1.82, 2.24) is 20.1 Å². The van der Waals surface area contributed by atoms with Crippen LogP contribution in [-0.4, -0.2) is 27.9 Å². The van der Waals surface area contributed by atoms with Gasteiger partial charge in [0.1, 0.15) is 12.2 Å². The molecule has 0 fully saturated rings. The second-order valence-electron chi connectivity index (χ2n) is 3.97. The van der Waals surface area contributed by atoms with Crippen LogP contribution in [0.4, 0.5) is 0 Å². The molecule has 0 amide bonds. The molecule has 1 heterocycles. The first-order valence-corrected chi connectivity index (χ1v) is 5.78. The van der Waals surface area contributed by atoms with Crippen LogP contribution >= 0.6 is 0 Å². The number of hydrogen-bond donors (Lipinski definition) is 1. The standard InChI is InChI=1S/C11H22N4/c1-4-6-10(12-2)7-5-8-11-13-9-14-15(11)3/h9-10,12H,4-8H2,1-3H3. The molecule has 0 aliphatic heterocycles. The van der Waals surface area contributed by atoms with Gasteiger partial charge in [0.15, 0.2) is 0 Å². The highest BCUT2D eigenvalue weighted by atomic mass is 15.3. The van der Waals surface area contributed by atoms with E-state index in [-0.39, 0.29) is 0 Å². The van der Waals surface area contributed by atoms with Gasteiger partial charge in [-0.1, -0.05) is 13.3 Å². The molecule has 0 saturated heterocycles. The van der Waals surface area contributed by atoms with Gasteiger partial charge in [-0.2, -0.15) is 5.10 Å². The fourth-order valence-corrected chi connectivity index (χ4v) is 1.83. The van der Waals surface area contributed by atoms with Gasteiger partial charge in [0.25, 0.3) is 0 Å².